The van der Waals surface area contributed by atoms with Crippen LogP contribution in [0.2, 0.25) is 5.02 Å². The van der Waals surface area contributed by atoms with Crippen LogP contribution in [0.3, 0.4) is 0 Å². The molecule has 1 aromatic carbocycles. The van der Waals surface area contributed by atoms with Gasteiger partial charge in [-0.05, 0) is 31.5 Å². The fourth-order valence-electron chi connectivity index (χ4n) is 1.70. The third-order valence-electron chi connectivity index (χ3n) is 2.66. The molecule has 0 aliphatic rings. The van der Waals surface area contributed by atoms with E-state index in [1.54, 1.807) is 18.3 Å². The summed E-state index contributed by atoms with van der Waals surface area (Å²) in [6, 6.07) is 5.03. The van der Waals surface area contributed by atoms with Crippen LogP contribution < -0.4 is 5.32 Å². The number of halogens is 2. The number of imidazole rings is 1. The van der Waals surface area contributed by atoms with Crippen LogP contribution in [0.25, 0.3) is 0 Å². The highest BCUT2D eigenvalue weighted by molar-refractivity contribution is 6.30. The van der Waals surface area contributed by atoms with Gasteiger partial charge in [0.25, 0.3) is 0 Å². The second-order valence-electron chi connectivity index (χ2n) is 4.35. The molecular formula is C13H15ClFN3. The summed E-state index contributed by atoms with van der Waals surface area (Å²) in [5.74, 6) is 0.398. The van der Waals surface area contributed by atoms with Crippen molar-refractivity contribution in [1.82, 2.24) is 9.55 Å². The van der Waals surface area contributed by atoms with Gasteiger partial charge in [-0.1, -0.05) is 17.7 Å². The number of hydrogen-bond acceptors (Lipinski definition) is 2. The van der Waals surface area contributed by atoms with Gasteiger partial charge in [0, 0.05) is 25.0 Å². The molecule has 0 amide bonds. The van der Waals surface area contributed by atoms with Crippen molar-refractivity contribution in [2.45, 2.75) is 26.4 Å². The Morgan fingerprint density at radius 1 is 1.44 bits per heavy atom. The molecule has 5 heteroatoms. The van der Waals surface area contributed by atoms with Crippen molar-refractivity contribution in [2.75, 3.05) is 5.32 Å². The Morgan fingerprint density at radius 2 is 2.22 bits per heavy atom. The van der Waals surface area contributed by atoms with Crippen molar-refractivity contribution in [1.29, 1.82) is 0 Å². The number of benzene rings is 1. The molecule has 0 radical (unpaired) electrons. The molecule has 0 bridgehead atoms. The molecule has 3 nitrogen and oxygen atoms in total. The molecule has 0 spiro atoms. The molecule has 0 aliphatic carbocycles. The van der Waals surface area contributed by atoms with Crippen LogP contribution in [0.5, 0.6) is 0 Å². The van der Waals surface area contributed by atoms with Crippen LogP contribution in [-0.2, 0) is 6.54 Å². The predicted octanol–water partition coefficient (Wildman–Crippen LogP) is 3.87. The maximum Gasteiger partial charge on any atom is 0.203 e. The molecule has 96 valence electrons. The number of nitrogens with one attached hydrogen (secondary N) is 1. The van der Waals surface area contributed by atoms with Crippen LogP contribution in [0.15, 0.2) is 30.6 Å². The summed E-state index contributed by atoms with van der Waals surface area (Å²) < 4.78 is 15.0. The van der Waals surface area contributed by atoms with Crippen LogP contribution in [0.4, 0.5) is 10.3 Å². The molecule has 2 rings (SSSR count). The molecule has 0 saturated heterocycles. The van der Waals surface area contributed by atoms with Gasteiger partial charge in [0.15, 0.2) is 0 Å². The topological polar surface area (TPSA) is 29.9 Å². The minimum atomic E-state index is -0.399. The van der Waals surface area contributed by atoms with Gasteiger partial charge in [-0.2, -0.15) is 0 Å². The number of aromatic nitrogens is 2. The second kappa shape index (κ2) is 5.40. The number of anilines is 1. The Bertz CT molecular complexity index is 537. The molecule has 0 atom stereocenters. The molecule has 0 saturated carbocycles. The largest absolute Gasteiger partial charge is 0.352 e. The quantitative estimate of drug-likeness (QED) is 0.911. The highest BCUT2D eigenvalue weighted by atomic mass is 35.5. The molecule has 1 heterocycles. The number of nitrogens with zero attached hydrogens (tertiary/aromatic N) is 2. The van der Waals surface area contributed by atoms with Gasteiger partial charge in [-0.25, -0.2) is 9.37 Å². The highest BCUT2D eigenvalue weighted by Crippen LogP contribution is 2.18. The minimum Gasteiger partial charge on any atom is -0.352 e. The van der Waals surface area contributed by atoms with E-state index in [1.807, 2.05) is 10.8 Å². The highest BCUT2D eigenvalue weighted by Gasteiger charge is 2.06. The van der Waals surface area contributed by atoms with Crippen molar-refractivity contribution in [3.05, 3.63) is 47.0 Å². The molecule has 0 aliphatic heterocycles. The molecule has 0 unspecified atom stereocenters. The van der Waals surface area contributed by atoms with E-state index in [1.165, 1.54) is 6.07 Å². The monoisotopic (exact) mass is 267 g/mol. The zero-order valence-electron chi connectivity index (χ0n) is 10.3. The van der Waals surface area contributed by atoms with Crippen LogP contribution in [0, 0.1) is 5.82 Å². The average Bonchev–Trinajstić information content (AvgIpc) is 2.79. The summed E-state index contributed by atoms with van der Waals surface area (Å²) in [4.78, 5) is 4.24. The van der Waals surface area contributed by atoms with E-state index in [2.05, 4.69) is 24.1 Å². The smallest absolute Gasteiger partial charge is 0.203 e. The molecule has 1 aromatic heterocycles. The van der Waals surface area contributed by atoms with Gasteiger partial charge in [0.05, 0.1) is 5.02 Å². The Balaban J connectivity index is 2.07. The third-order valence-corrected chi connectivity index (χ3v) is 2.95. The van der Waals surface area contributed by atoms with E-state index in [0.717, 1.165) is 11.5 Å². The van der Waals surface area contributed by atoms with E-state index in [9.17, 15) is 4.39 Å². The fraction of sp³-hybridized carbons (Fsp3) is 0.308. The van der Waals surface area contributed by atoms with E-state index in [4.69, 9.17) is 11.6 Å². The van der Waals surface area contributed by atoms with Crippen molar-refractivity contribution in [3.8, 4) is 0 Å². The van der Waals surface area contributed by atoms with Gasteiger partial charge in [0.2, 0.25) is 5.95 Å². The van der Waals surface area contributed by atoms with Crippen LogP contribution >= 0.6 is 11.6 Å². The van der Waals surface area contributed by atoms with Gasteiger partial charge < -0.3 is 9.88 Å². The zero-order valence-corrected chi connectivity index (χ0v) is 11.1. The number of rotatable bonds is 4. The molecule has 0 fully saturated rings. The van der Waals surface area contributed by atoms with Gasteiger partial charge in [-0.15, -0.1) is 0 Å². The van der Waals surface area contributed by atoms with Crippen LogP contribution in [-0.4, -0.2) is 9.55 Å². The predicted molar refractivity (Wildman–Crippen MR) is 71.3 cm³/mol. The van der Waals surface area contributed by atoms with Crippen molar-refractivity contribution < 1.29 is 4.39 Å². The fourth-order valence-corrected chi connectivity index (χ4v) is 1.90. The molecular weight excluding hydrogens is 253 g/mol. The van der Waals surface area contributed by atoms with E-state index in [-0.39, 0.29) is 5.02 Å². The Hall–Kier alpha value is -1.55. The normalized spacial score (nSPS) is 10.9. The molecule has 1 N–H and O–H groups in total. The van der Waals surface area contributed by atoms with Gasteiger partial charge in [0.1, 0.15) is 5.82 Å². The molecule has 2 aromatic rings. The maximum absolute atomic E-state index is 13.0. The lowest BCUT2D eigenvalue weighted by Gasteiger charge is -2.12. The second-order valence-corrected chi connectivity index (χ2v) is 4.76. The van der Waals surface area contributed by atoms with Gasteiger partial charge >= 0.3 is 0 Å². The summed E-state index contributed by atoms with van der Waals surface area (Å²) in [6.45, 7) is 4.73. The van der Waals surface area contributed by atoms with E-state index < -0.39 is 5.82 Å². The summed E-state index contributed by atoms with van der Waals surface area (Å²) in [5, 5.41) is 3.35. The summed E-state index contributed by atoms with van der Waals surface area (Å²) in [7, 11) is 0. The Kier molecular flexibility index (Phi) is 3.87. The van der Waals surface area contributed by atoms with Crippen molar-refractivity contribution in [2.24, 2.45) is 0 Å². The van der Waals surface area contributed by atoms with Crippen LogP contribution in [0.1, 0.15) is 25.5 Å². The first-order valence-corrected chi connectivity index (χ1v) is 6.16. The lowest BCUT2D eigenvalue weighted by Crippen LogP contribution is -2.08. The summed E-state index contributed by atoms with van der Waals surface area (Å²) in [5.41, 5.74) is 0.916. The summed E-state index contributed by atoms with van der Waals surface area (Å²) in [6.07, 6.45) is 3.67. The zero-order chi connectivity index (χ0) is 13.1. The maximum atomic E-state index is 13.0. The first kappa shape index (κ1) is 12.9. The Morgan fingerprint density at radius 3 is 2.89 bits per heavy atom. The van der Waals surface area contributed by atoms with E-state index >= 15 is 0 Å². The SMILES string of the molecule is CC(C)n1ccnc1NCc1ccc(F)c(Cl)c1. The van der Waals surface area contributed by atoms with E-state index in [0.29, 0.717) is 12.6 Å². The standard InChI is InChI=1S/C13H15ClFN3/c1-9(2)18-6-5-16-13(18)17-8-10-3-4-12(15)11(14)7-10/h3-7,9H,8H2,1-2H3,(H,16,17). The van der Waals surface area contributed by atoms with Crippen molar-refractivity contribution in [3.63, 3.8) is 0 Å². The first-order valence-electron chi connectivity index (χ1n) is 5.78. The lowest BCUT2D eigenvalue weighted by molar-refractivity contribution is 0.604. The minimum absolute atomic E-state index is 0.140. The number of hydrogen-bond donors (Lipinski definition) is 1. The average molecular weight is 268 g/mol. The van der Waals surface area contributed by atoms with Crippen molar-refractivity contribution >= 4 is 17.5 Å². The lowest BCUT2D eigenvalue weighted by atomic mass is 10.2. The third kappa shape index (κ3) is 2.82. The van der Waals surface area contributed by atoms with Gasteiger partial charge in [-0.3, -0.25) is 0 Å². The molecule has 18 heavy (non-hydrogen) atoms. The summed E-state index contributed by atoms with van der Waals surface area (Å²) >= 11 is 5.73. The first-order chi connectivity index (χ1) is 8.58. The Labute approximate surface area is 111 Å².